The van der Waals surface area contributed by atoms with Crippen molar-refractivity contribution in [3.05, 3.63) is 77.0 Å². The van der Waals surface area contributed by atoms with Gasteiger partial charge >= 0.3 is 0 Å². The van der Waals surface area contributed by atoms with E-state index in [1.54, 1.807) is 0 Å². The van der Waals surface area contributed by atoms with E-state index in [4.69, 9.17) is 0 Å². The molecule has 1 aromatic heterocycles. The van der Waals surface area contributed by atoms with Gasteiger partial charge in [-0.05, 0) is 29.5 Å². The maximum atomic E-state index is 3.71. The summed E-state index contributed by atoms with van der Waals surface area (Å²) in [5.41, 5.74) is 3.71. The quantitative estimate of drug-likeness (QED) is 0.610. The molecule has 2 heteroatoms. The van der Waals surface area contributed by atoms with Crippen LogP contribution in [0.3, 0.4) is 0 Å². The van der Waals surface area contributed by atoms with E-state index in [2.05, 4.69) is 84.4 Å². The van der Waals surface area contributed by atoms with E-state index in [9.17, 15) is 0 Å². The third-order valence-corrected chi connectivity index (χ3v) is 4.62. The smallest absolute Gasteiger partial charge is 0.0604 e. The molecule has 0 radical (unpaired) electrons. The molecule has 0 aliphatic carbocycles. The fraction of sp³-hybridized carbons (Fsp3) is 0.158. The number of benzene rings is 2. The highest BCUT2D eigenvalue weighted by Gasteiger charge is 2.12. The van der Waals surface area contributed by atoms with Crippen LogP contribution in [0.4, 0.5) is 5.69 Å². The maximum Gasteiger partial charge on any atom is 0.0604 e. The molecule has 0 saturated heterocycles. The van der Waals surface area contributed by atoms with Gasteiger partial charge in [0.15, 0.2) is 0 Å². The van der Waals surface area contributed by atoms with E-state index < -0.39 is 0 Å². The van der Waals surface area contributed by atoms with Gasteiger partial charge in [0.1, 0.15) is 0 Å². The maximum absolute atomic E-state index is 3.71. The molecule has 0 bridgehead atoms. The van der Waals surface area contributed by atoms with E-state index in [1.165, 1.54) is 21.7 Å². The molecule has 1 heterocycles. The Morgan fingerprint density at radius 1 is 0.905 bits per heavy atom. The Balaban J connectivity index is 1.92. The van der Waals surface area contributed by atoms with Crippen molar-refractivity contribution in [1.82, 2.24) is 0 Å². The first-order chi connectivity index (χ1) is 10.4. The Morgan fingerprint density at radius 3 is 2.38 bits per heavy atom. The molecule has 0 saturated carbocycles. The number of nitrogens with one attached hydrogen (secondary N) is 1. The molecular weight excluding hydrogens is 274 g/mol. The number of thiophene rings is 1. The third kappa shape index (κ3) is 3.17. The lowest BCUT2D eigenvalue weighted by atomic mass is 10.0. The van der Waals surface area contributed by atoms with E-state index in [0.717, 1.165) is 6.42 Å². The average molecular weight is 293 g/mol. The van der Waals surface area contributed by atoms with E-state index in [0.29, 0.717) is 6.04 Å². The highest BCUT2D eigenvalue weighted by molar-refractivity contribution is 7.10. The Labute approximate surface area is 130 Å². The van der Waals surface area contributed by atoms with Crippen molar-refractivity contribution in [1.29, 1.82) is 0 Å². The van der Waals surface area contributed by atoms with Crippen molar-refractivity contribution in [2.75, 3.05) is 5.32 Å². The van der Waals surface area contributed by atoms with Crippen LogP contribution in [0, 0.1) is 0 Å². The molecule has 106 valence electrons. The van der Waals surface area contributed by atoms with Crippen molar-refractivity contribution in [3.8, 4) is 11.1 Å². The van der Waals surface area contributed by atoms with Gasteiger partial charge in [0.2, 0.25) is 0 Å². The first kappa shape index (κ1) is 13.9. The number of hydrogen-bond acceptors (Lipinski definition) is 2. The largest absolute Gasteiger partial charge is 0.377 e. The SMILES string of the molecule is CCC(Nc1ccccc1-c1ccccc1)c1cccs1. The Morgan fingerprint density at radius 2 is 1.67 bits per heavy atom. The van der Waals surface area contributed by atoms with Gasteiger partial charge in [0.05, 0.1) is 6.04 Å². The Bertz CT molecular complexity index is 674. The summed E-state index contributed by atoms with van der Waals surface area (Å²) in [5, 5.41) is 5.85. The zero-order valence-corrected chi connectivity index (χ0v) is 12.9. The molecule has 0 aliphatic rings. The van der Waals surface area contributed by atoms with Crippen LogP contribution in [-0.4, -0.2) is 0 Å². The minimum Gasteiger partial charge on any atom is -0.377 e. The van der Waals surface area contributed by atoms with Crippen LogP contribution in [0.2, 0.25) is 0 Å². The summed E-state index contributed by atoms with van der Waals surface area (Å²) in [5.74, 6) is 0. The van der Waals surface area contributed by atoms with Gasteiger partial charge in [-0.3, -0.25) is 0 Å². The average Bonchev–Trinajstić information content (AvgIpc) is 3.08. The first-order valence-electron chi connectivity index (χ1n) is 7.33. The summed E-state index contributed by atoms with van der Waals surface area (Å²) in [7, 11) is 0. The summed E-state index contributed by atoms with van der Waals surface area (Å²) >= 11 is 1.81. The van der Waals surface area contributed by atoms with Crippen molar-refractivity contribution in [2.45, 2.75) is 19.4 Å². The molecule has 2 aromatic carbocycles. The predicted octanol–water partition coefficient (Wildman–Crippen LogP) is 5.98. The number of rotatable bonds is 5. The standard InChI is InChI=1S/C19H19NS/c1-2-17(19-13-8-14-21-19)20-18-12-7-6-11-16(18)15-9-4-3-5-10-15/h3-14,17,20H,2H2,1H3. The summed E-state index contributed by atoms with van der Waals surface area (Å²) < 4.78 is 0. The number of hydrogen-bond donors (Lipinski definition) is 1. The highest BCUT2D eigenvalue weighted by Crippen LogP contribution is 2.32. The second-order valence-corrected chi connectivity index (χ2v) is 6.01. The Hall–Kier alpha value is -2.06. The fourth-order valence-corrected chi connectivity index (χ4v) is 3.39. The minimum absolute atomic E-state index is 0.370. The number of para-hydroxylation sites is 1. The fourth-order valence-electron chi connectivity index (χ4n) is 2.53. The van der Waals surface area contributed by atoms with Crippen LogP contribution >= 0.6 is 11.3 Å². The van der Waals surface area contributed by atoms with Crippen LogP contribution < -0.4 is 5.32 Å². The molecule has 1 nitrogen and oxygen atoms in total. The Kier molecular flexibility index (Phi) is 4.37. The topological polar surface area (TPSA) is 12.0 Å². The molecule has 1 unspecified atom stereocenters. The second kappa shape index (κ2) is 6.59. The van der Waals surface area contributed by atoms with Gasteiger partial charge in [-0.25, -0.2) is 0 Å². The van der Waals surface area contributed by atoms with E-state index >= 15 is 0 Å². The van der Waals surface area contributed by atoms with Crippen molar-refractivity contribution in [2.24, 2.45) is 0 Å². The predicted molar refractivity (Wildman–Crippen MR) is 92.9 cm³/mol. The third-order valence-electron chi connectivity index (χ3n) is 3.64. The van der Waals surface area contributed by atoms with Crippen LogP contribution in [0.25, 0.3) is 11.1 Å². The lowest BCUT2D eigenvalue weighted by molar-refractivity contribution is 0.764. The normalized spacial score (nSPS) is 12.0. The first-order valence-corrected chi connectivity index (χ1v) is 8.21. The molecular formula is C19H19NS. The van der Waals surface area contributed by atoms with Gasteiger partial charge in [-0.1, -0.05) is 61.5 Å². The molecule has 21 heavy (non-hydrogen) atoms. The highest BCUT2D eigenvalue weighted by atomic mass is 32.1. The van der Waals surface area contributed by atoms with Crippen LogP contribution in [-0.2, 0) is 0 Å². The van der Waals surface area contributed by atoms with Crippen LogP contribution in [0.1, 0.15) is 24.3 Å². The van der Waals surface area contributed by atoms with Gasteiger partial charge < -0.3 is 5.32 Å². The zero-order chi connectivity index (χ0) is 14.5. The molecule has 1 N–H and O–H groups in total. The van der Waals surface area contributed by atoms with E-state index in [-0.39, 0.29) is 0 Å². The second-order valence-electron chi connectivity index (χ2n) is 5.03. The molecule has 0 aliphatic heterocycles. The van der Waals surface area contributed by atoms with Gasteiger partial charge in [0, 0.05) is 16.1 Å². The van der Waals surface area contributed by atoms with Gasteiger partial charge in [0.25, 0.3) is 0 Å². The molecule has 0 spiro atoms. The molecule has 3 aromatic rings. The lowest BCUT2D eigenvalue weighted by Gasteiger charge is -2.19. The van der Waals surface area contributed by atoms with Crippen molar-refractivity contribution in [3.63, 3.8) is 0 Å². The zero-order valence-electron chi connectivity index (χ0n) is 12.1. The summed E-state index contributed by atoms with van der Waals surface area (Å²) in [6.07, 6.45) is 1.07. The summed E-state index contributed by atoms with van der Waals surface area (Å²) in [6.45, 7) is 2.22. The molecule has 0 amide bonds. The van der Waals surface area contributed by atoms with Gasteiger partial charge in [-0.15, -0.1) is 11.3 Å². The molecule has 3 rings (SSSR count). The van der Waals surface area contributed by atoms with E-state index in [1.807, 2.05) is 11.3 Å². The monoisotopic (exact) mass is 293 g/mol. The van der Waals surface area contributed by atoms with Gasteiger partial charge in [-0.2, -0.15) is 0 Å². The minimum atomic E-state index is 0.370. The summed E-state index contributed by atoms with van der Waals surface area (Å²) in [4.78, 5) is 1.39. The summed E-state index contributed by atoms with van der Waals surface area (Å²) in [6, 6.07) is 23.8. The van der Waals surface area contributed by atoms with Crippen molar-refractivity contribution < 1.29 is 0 Å². The molecule has 0 fully saturated rings. The van der Waals surface area contributed by atoms with Crippen LogP contribution in [0.5, 0.6) is 0 Å². The lowest BCUT2D eigenvalue weighted by Crippen LogP contribution is -2.08. The van der Waals surface area contributed by atoms with Crippen LogP contribution in [0.15, 0.2) is 72.1 Å². The van der Waals surface area contributed by atoms with Crippen molar-refractivity contribution >= 4 is 17.0 Å². The molecule has 1 atom stereocenters. The number of anilines is 1.